The molecule has 0 radical (unpaired) electrons. The molecule has 0 fully saturated rings. The molecule has 2 aromatic rings. The van der Waals surface area contributed by atoms with E-state index >= 15 is 0 Å². The van der Waals surface area contributed by atoms with Crippen LogP contribution in [0.4, 0.5) is 17.2 Å². The quantitative estimate of drug-likeness (QED) is 0.832. The average Bonchev–Trinajstić information content (AvgIpc) is 2.77. The minimum Gasteiger partial charge on any atom is -0.394 e. The fourth-order valence-corrected chi connectivity index (χ4v) is 2.52. The Hall–Kier alpha value is -1.97. The van der Waals surface area contributed by atoms with Crippen molar-refractivity contribution in [3.8, 4) is 0 Å². The molecule has 0 aliphatic heterocycles. The summed E-state index contributed by atoms with van der Waals surface area (Å²) in [6.07, 6.45) is 3.33. The minimum absolute atomic E-state index is 0.795. The second kappa shape index (κ2) is 7.16. The zero-order chi connectivity index (χ0) is 15.2. The zero-order valence-corrected chi connectivity index (χ0v) is 13.3. The SMILES string of the molecule is CCCCN(c1ccccc1)c1c(N)c(C)nn1CCC. The van der Waals surface area contributed by atoms with E-state index in [0.717, 1.165) is 49.6 Å². The van der Waals surface area contributed by atoms with Crippen LogP contribution in [0.2, 0.25) is 0 Å². The van der Waals surface area contributed by atoms with E-state index in [4.69, 9.17) is 5.73 Å². The van der Waals surface area contributed by atoms with Crippen LogP contribution in [0.5, 0.6) is 0 Å². The van der Waals surface area contributed by atoms with E-state index < -0.39 is 0 Å². The lowest BCUT2D eigenvalue weighted by Gasteiger charge is -2.26. The van der Waals surface area contributed by atoms with Crippen molar-refractivity contribution < 1.29 is 0 Å². The molecule has 0 aliphatic carbocycles. The molecule has 0 saturated heterocycles. The van der Waals surface area contributed by atoms with Crippen molar-refractivity contribution in [3.63, 3.8) is 0 Å². The Balaban J connectivity index is 2.45. The predicted molar refractivity (Wildman–Crippen MR) is 90.0 cm³/mol. The van der Waals surface area contributed by atoms with Crippen LogP contribution in [0.3, 0.4) is 0 Å². The number of anilines is 3. The maximum atomic E-state index is 6.32. The number of rotatable bonds is 7. The smallest absolute Gasteiger partial charge is 0.155 e. The van der Waals surface area contributed by atoms with Gasteiger partial charge in [0.05, 0.1) is 11.4 Å². The Morgan fingerprint density at radius 1 is 1.14 bits per heavy atom. The summed E-state index contributed by atoms with van der Waals surface area (Å²) in [7, 11) is 0. The van der Waals surface area contributed by atoms with Crippen molar-refractivity contribution in [1.29, 1.82) is 0 Å². The summed E-state index contributed by atoms with van der Waals surface area (Å²) in [5.74, 6) is 1.04. The monoisotopic (exact) mass is 286 g/mol. The molecule has 0 spiro atoms. The van der Waals surface area contributed by atoms with E-state index in [0.29, 0.717) is 0 Å². The van der Waals surface area contributed by atoms with Crippen LogP contribution in [0, 0.1) is 6.92 Å². The molecule has 1 heterocycles. The Morgan fingerprint density at radius 3 is 2.48 bits per heavy atom. The fraction of sp³-hybridized carbons (Fsp3) is 0.471. The van der Waals surface area contributed by atoms with Gasteiger partial charge < -0.3 is 10.6 Å². The summed E-state index contributed by atoms with van der Waals surface area (Å²) in [5.41, 5.74) is 9.20. The van der Waals surface area contributed by atoms with Gasteiger partial charge in [-0.2, -0.15) is 5.10 Å². The van der Waals surface area contributed by atoms with Crippen molar-refractivity contribution in [1.82, 2.24) is 9.78 Å². The van der Waals surface area contributed by atoms with E-state index in [1.54, 1.807) is 0 Å². The fourth-order valence-electron chi connectivity index (χ4n) is 2.52. The number of nitrogen functional groups attached to an aromatic ring is 1. The third-order valence-electron chi connectivity index (χ3n) is 3.64. The first-order chi connectivity index (χ1) is 10.2. The van der Waals surface area contributed by atoms with Gasteiger partial charge in [-0.1, -0.05) is 38.5 Å². The van der Waals surface area contributed by atoms with Crippen LogP contribution in [0.1, 0.15) is 38.8 Å². The average molecular weight is 286 g/mol. The zero-order valence-electron chi connectivity index (χ0n) is 13.3. The molecule has 0 atom stereocenters. The highest BCUT2D eigenvalue weighted by Gasteiger charge is 2.19. The van der Waals surface area contributed by atoms with Crippen molar-refractivity contribution in [3.05, 3.63) is 36.0 Å². The number of nitrogens with two attached hydrogens (primary N) is 1. The van der Waals surface area contributed by atoms with Crippen molar-refractivity contribution in [2.75, 3.05) is 17.2 Å². The molecule has 114 valence electrons. The van der Waals surface area contributed by atoms with Crippen LogP contribution in [0.25, 0.3) is 0 Å². The van der Waals surface area contributed by atoms with Gasteiger partial charge in [0, 0.05) is 18.8 Å². The van der Waals surface area contributed by atoms with Gasteiger partial charge in [-0.3, -0.25) is 0 Å². The number of unbranched alkanes of at least 4 members (excludes halogenated alkanes) is 1. The number of para-hydroxylation sites is 1. The lowest BCUT2D eigenvalue weighted by Crippen LogP contribution is -2.23. The van der Waals surface area contributed by atoms with Gasteiger partial charge >= 0.3 is 0 Å². The van der Waals surface area contributed by atoms with Crippen LogP contribution < -0.4 is 10.6 Å². The summed E-state index contributed by atoms with van der Waals surface area (Å²) in [5, 5.41) is 4.60. The first kappa shape index (κ1) is 15.4. The van der Waals surface area contributed by atoms with Gasteiger partial charge in [-0.15, -0.1) is 0 Å². The summed E-state index contributed by atoms with van der Waals surface area (Å²) in [6.45, 7) is 8.20. The Kier molecular flexibility index (Phi) is 5.26. The molecule has 21 heavy (non-hydrogen) atoms. The highest BCUT2D eigenvalue weighted by molar-refractivity contribution is 5.73. The third-order valence-corrected chi connectivity index (χ3v) is 3.64. The number of benzene rings is 1. The van der Waals surface area contributed by atoms with Crippen LogP contribution in [0.15, 0.2) is 30.3 Å². The van der Waals surface area contributed by atoms with Gasteiger partial charge in [0.1, 0.15) is 0 Å². The first-order valence-corrected chi connectivity index (χ1v) is 7.84. The topological polar surface area (TPSA) is 47.1 Å². The maximum absolute atomic E-state index is 6.32. The highest BCUT2D eigenvalue weighted by Crippen LogP contribution is 2.33. The van der Waals surface area contributed by atoms with Gasteiger partial charge in [0.25, 0.3) is 0 Å². The maximum Gasteiger partial charge on any atom is 0.155 e. The lowest BCUT2D eigenvalue weighted by atomic mass is 10.2. The first-order valence-electron chi connectivity index (χ1n) is 7.84. The van der Waals surface area contributed by atoms with Crippen LogP contribution in [-0.2, 0) is 6.54 Å². The third kappa shape index (κ3) is 3.38. The lowest BCUT2D eigenvalue weighted by molar-refractivity contribution is 0.592. The van der Waals surface area contributed by atoms with E-state index in [1.165, 1.54) is 5.69 Å². The second-order valence-electron chi connectivity index (χ2n) is 5.39. The molecule has 2 rings (SSSR count). The van der Waals surface area contributed by atoms with E-state index in [-0.39, 0.29) is 0 Å². The number of hydrogen-bond acceptors (Lipinski definition) is 3. The van der Waals surface area contributed by atoms with Crippen LogP contribution in [-0.4, -0.2) is 16.3 Å². The second-order valence-corrected chi connectivity index (χ2v) is 5.39. The van der Waals surface area contributed by atoms with Crippen molar-refractivity contribution in [2.24, 2.45) is 0 Å². The van der Waals surface area contributed by atoms with Crippen LogP contribution >= 0.6 is 0 Å². The molecule has 1 aromatic heterocycles. The highest BCUT2D eigenvalue weighted by atomic mass is 15.4. The summed E-state index contributed by atoms with van der Waals surface area (Å²) < 4.78 is 2.05. The number of aromatic nitrogens is 2. The molecule has 1 aromatic carbocycles. The molecule has 4 nitrogen and oxygen atoms in total. The van der Waals surface area contributed by atoms with Gasteiger partial charge in [-0.05, 0) is 31.9 Å². The molecular formula is C17H26N4. The van der Waals surface area contributed by atoms with E-state index in [1.807, 2.05) is 17.7 Å². The van der Waals surface area contributed by atoms with Gasteiger partial charge in [-0.25, -0.2) is 4.68 Å². The standard InChI is InChI=1S/C17H26N4/c1-4-6-13-20(15-10-8-7-9-11-15)17-16(18)14(3)19-21(17)12-5-2/h7-11H,4-6,12-13,18H2,1-3H3. The Morgan fingerprint density at radius 2 is 1.86 bits per heavy atom. The molecule has 4 heteroatoms. The molecule has 0 aliphatic rings. The number of aryl methyl sites for hydroxylation is 2. The minimum atomic E-state index is 0.795. The molecule has 0 unspecified atom stereocenters. The van der Waals surface area contributed by atoms with Gasteiger partial charge in [0.15, 0.2) is 5.82 Å². The predicted octanol–water partition coefficient (Wildman–Crippen LogP) is 4.12. The summed E-state index contributed by atoms with van der Waals surface area (Å²) in [4.78, 5) is 2.30. The normalized spacial score (nSPS) is 10.8. The van der Waals surface area contributed by atoms with Gasteiger partial charge in [0.2, 0.25) is 0 Å². The van der Waals surface area contributed by atoms with E-state index in [2.05, 4.69) is 48.1 Å². The van der Waals surface area contributed by atoms with Crippen molar-refractivity contribution in [2.45, 2.75) is 46.6 Å². The summed E-state index contributed by atoms with van der Waals surface area (Å²) >= 11 is 0. The van der Waals surface area contributed by atoms with Crippen molar-refractivity contribution >= 4 is 17.2 Å². The Labute approximate surface area is 127 Å². The molecule has 2 N–H and O–H groups in total. The molecule has 0 amide bonds. The number of nitrogens with zero attached hydrogens (tertiary/aromatic N) is 3. The summed E-state index contributed by atoms with van der Waals surface area (Å²) in [6, 6.07) is 10.4. The Bertz CT molecular complexity index is 560. The molecular weight excluding hydrogens is 260 g/mol. The molecule has 0 bridgehead atoms. The molecule has 0 saturated carbocycles. The largest absolute Gasteiger partial charge is 0.394 e. The number of hydrogen-bond donors (Lipinski definition) is 1. The van der Waals surface area contributed by atoms with E-state index in [9.17, 15) is 0 Å².